The van der Waals surface area contributed by atoms with E-state index in [0.29, 0.717) is 11.1 Å². The molecule has 0 aromatic heterocycles. The maximum Gasteiger partial charge on any atom is 0.418 e. The monoisotopic (exact) mass is 402 g/mol. The molecule has 0 spiro atoms. The predicted molar refractivity (Wildman–Crippen MR) is 101 cm³/mol. The van der Waals surface area contributed by atoms with Crippen molar-refractivity contribution in [1.29, 1.82) is 0 Å². The fraction of sp³-hybridized carbons (Fsp3) is 0.333. The lowest BCUT2D eigenvalue weighted by atomic mass is 10.00. The molecular weight excluding hydrogens is 380 g/mol. The van der Waals surface area contributed by atoms with Crippen LogP contribution in [-0.4, -0.2) is 19.5 Å². The molecule has 2 aromatic rings. The molecule has 0 saturated carbocycles. The molecule has 0 bridgehead atoms. The average Bonchev–Trinajstić information content (AvgIpc) is 2.61. The van der Waals surface area contributed by atoms with Crippen molar-refractivity contribution in [1.82, 2.24) is 0 Å². The molecular formula is C18H22F3N2O3P. The van der Waals surface area contributed by atoms with Crippen molar-refractivity contribution in [3.8, 4) is 11.1 Å². The topological polar surface area (TPSA) is 73.6 Å². The Hall–Kier alpha value is -2.02. The van der Waals surface area contributed by atoms with E-state index >= 15 is 0 Å². The van der Waals surface area contributed by atoms with E-state index in [1.54, 1.807) is 44.2 Å². The standard InChI is InChI=1S/C18H22F3N2O3P/c1-3-25-27(24,26-4-2)12-23-17-10-14(13-8-6-5-7-9-13)16(22)11-15(17)18(19,20)21/h5-11,23H,3-4,12,22H2,1-2H3. The third kappa shape index (κ3) is 5.48. The number of nitrogen functional groups attached to an aromatic ring is 1. The number of nitrogens with two attached hydrogens (primary N) is 1. The highest BCUT2D eigenvalue weighted by molar-refractivity contribution is 7.53. The number of nitrogens with one attached hydrogen (secondary N) is 1. The van der Waals surface area contributed by atoms with Gasteiger partial charge in [-0.2, -0.15) is 13.2 Å². The van der Waals surface area contributed by atoms with Crippen LogP contribution in [0.25, 0.3) is 11.1 Å². The van der Waals surface area contributed by atoms with Gasteiger partial charge in [-0.1, -0.05) is 30.3 Å². The van der Waals surface area contributed by atoms with E-state index in [2.05, 4.69) is 5.32 Å². The molecule has 2 rings (SSSR count). The third-order valence-corrected chi connectivity index (χ3v) is 5.54. The Kier molecular flexibility index (Phi) is 6.92. The summed E-state index contributed by atoms with van der Waals surface area (Å²) in [5.74, 6) is 0. The van der Waals surface area contributed by atoms with Crippen molar-refractivity contribution in [2.75, 3.05) is 30.6 Å². The summed E-state index contributed by atoms with van der Waals surface area (Å²) in [5, 5.41) is 2.58. The molecule has 5 nitrogen and oxygen atoms in total. The van der Waals surface area contributed by atoms with Gasteiger partial charge in [0.15, 0.2) is 0 Å². The largest absolute Gasteiger partial charge is 0.418 e. The zero-order valence-corrected chi connectivity index (χ0v) is 15.9. The van der Waals surface area contributed by atoms with E-state index < -0.39 is 25.6 Å². The minimum Gasteiger partial charge on any atom is -0.398 e. The summed E-state index contributed by atoms with van der Waals surface area (Å²) in [7, 11) is -3.57. The van der Waals surface area contributed by atoms with Crippen LogP contribution < -0.4 is 11.1 Å². The second kappa shape index (κ2) is 8.78. The predicted octanol–water partition coefficient (Wildman–Crippen LogP) is 5.59. The van der Waals surface area contributed by atoms with E-state index in [9.17, 15) is 17.7 Å². The molecule has 0 atom stereocenters. The minimum absolute atomic E-state index is 0.00289. The highest BCUT2D eigenvalue weighted by Crippen LogP contribution is 2.48. The van der Waals surface area contributed by atoms with Gasteiger partial charge in [-0.25, -0.2) is 0 Å². The summed E-state index contributed by atoms with van der Waals surface area (Å²) in [6.07, 6.45) is -5.03. The Morgan fingerprint density at radius 1 is 1.07 bits per heavy atom. The van der Waals surface area contributed by atoms with Crippen molar-refractivity contribution in [3.05, 3.63) is 48.0 Å². The molecule has 0 heterocycles. The van der Waals surface area contributed by atoms with E-state index in [4.69, 9.17) is 14.8 Å². The Balaban J connectivity index is 2.44. The SMILES string of the molecule is CCOP(=O)(CNc1cc(-c2ccccc2)c(N)cc1C(F)(F)F)OCC. The first kappa shape index (κ1) is 21.3. The van der Waals surface area contributed by atoms with Crippen LogP contribution in [0.1, 0.15) is 19.4 Å². The highest BCUT2D eigenvalue weighted by atomic mass is 31.2. The van der Waals surface area contributed by atoms with Gasteiger partial charge in [-0.05, 0) is 31.5 Å². The maximum atomic E-state index is 13.5. The van der Waals surface area contributed by atoms with E-state index in [-0.39, 0.29) is 24.6 Å². The Bertz CT molecular complexity index is 803. The smallest absolute Gasteiger partial charge is 0.398 e. The molecule has 27 heavy (non-hydrogen) atoms. The van der Waals surface area contributed by atoms with Crippen LogP contribution in [0.3, 0.4) is 0 Å². The first-order valence-corrected chi connectivity index (χ1v) is 10.1. The first-order valence-electron chi connectivity index (χ1n) is 8.38. The summed E-state index contributed by atoms with van der Waals surface area (Å²) >= 11 is 0. The maximum absolute atomic E-state index is 13.5. The summed E-state index contributed by atoms with van der Waals surface area (Å²) in [6, 6.07) is 11.0. The number of benzene rings is 2. The Labute approximate surface area is 156 Å². The molecule has 0 fully saturated rings. The number of rotatable bonds is 8. The van der Waals surface area contributed by atoms with Crippen LogP contribution in [0.2, 0.25) is 0 Å². The molecule has 0 aliphatic heterocycles. The normalized spacial score (nSPS) is 12.2. The van der Waals surface area contributed by atoms with Crippen LogP contribution >= 0.6 is 7.60 Å². The molecule has 2 aromatic carbocycles. The van der Waals surface area contributed by atoms with Crippen LogP contribution in [0.5, 0.6) is 0 Å². The van der Waals surface area contributed by atoms with Crippen molar-refractivity contribution in [3.63, 3.8) is 0 Å². The number of halogens is 3. The van der Waals surface area contributed by atoms with Gasteiger partial charge in [0.1, 0.15) is 6.29 Å². The molecule has 3 N–H and O–H groups in total. The highest BCUT2D eigenvalue weighted by Gasteiger charge is 2.35. The lowest BCUT2D eigenvalue weighted by Gasteiger charge is -2.21. The summed E-state index contributed by atoms with van der Waals surface area (Å²) in [5.41, 5.74) is 5.79. The van der Waals surface area contributed by atoms with Crippen molar-refractivity contribution in [2.24, 2.45) is 0 Å². The zero-order chi connectivity index (χ0) is 20.1. The van der Waals surface area contributed by atoms with E-state index in [1.165, 1.54) is 6.07 Å². The molecule has 0 amide bonds. The van der Waals surface area contributed by atoms with Gasteiger partial charge in [0.2, 0.25) is 0 Å². The van der Waals surface area contributed by atoms with Crippen LogP contribution in [0.15, 0.2) is 42.5 Å². The average molecular weight is 402 g/mol. The second-order valence-corrected chi connectivity index (χ2v) is 7.68. The molecule has 0 saturated heterocycles. The van der Waals surface area contributed by atoms with Gasteiger partial charge in [-0.3, -0.25) is 4.57 Å². The summed E-state index contributed by atoms with van der Waals surface area (Å²) in [4.78, 5) is 0. The minimum atomic E-state index is -4.63. The third-order valence-electron chi connectivity index (χ3n) is 3.69. The van der Waals surface area contributed by atoms with Gasteiger partial charge in [0.05, 0.1) is 18.8 Å². The Morgan fingerprint density at radius 2 is 1.67 bits per heavy atom. The van der Waals surface area contributed by atoms with Gasteiger partial charge >= 0.3 is 13.8 Å². The fourth-order valence-electron chi connectivity index (χ4n) is 2.57. The van der Waals surface area contributed by atoms with E-state index in [1.807, 2.05) is 0 Å². The molecule has 0 aliphatic carbocycles. The van der Waals surface area contributed by atoms with Crippen LogP contribution in [-0.2, 0) is 19.8 Å². The number of anilines is 2. The van der Waals surface area contributed by atoms with Crippen molar-refractivity contribution < 1.29 is 26.8 Å². The van der Waals surface area contributed by atoms with Gasteiger partial charge < -0.3 is 20.1 Å². The number of hydrogen-bond donors (Lipinski definition) is 2. The van der Waals surface area contributed by atoms with Crippen molar-refractivity contribution >= 4 is 19.0 Å². The lowest BCUT2D eigenvalue weighted by molar-refractivity contribution is -0.136. The fourth-order valence-corrected chi connectivity index (χ4v) is 3.98. The second-order valence-electron chi connectivity index (χ2n) is 5.63. The van der Waals surface area contributed by atoms with Gasteiger partial charge in [0, 0.05) is 16.9 Å². The molecule has 0 aliphatic rings. The lowest BCUT2D eigenvalue weighted by Crippen LogP contribution is -2.14. The van der Waals surface area contributed by atoms with Crippen LogP contribution in [0, 0.1) is 0 Å². The summed E-state index contributed by atoms with van der Waals surface area (Å²) < 4.78 is 63.2. The van der Waals surface area contributed by atoms with Gasteiger partial charge in [-0.15, -0.1) is 0 Å². The zero-order valence-electron chi connectivity index (χ0n) is 15.0. The molecule has 148 valence electrons. The molecule has 0 radical (unpaired) electrons. The number of hydrogen-bond acceptors (Lipinski definition) is 5. The van der Waals surface area contributed by atoms with E-state index in [0.717, 1.165) is 6.07 Å². The number of alkyl halides is 3. The first-order chi connectivity index (χ1) is 12.7. The molecule has 0 unspecified atom stereocenters. The molecule has 9 heteroatoms. The van der Waals surface area contributed by atoms with Gasteiger partial charge in [0.25, 0.3) is 0 Å². The van der Waals surface area contributed by atoms with Crippen LogP contribution in [0.4, 0.5) is 24.5 Å². The quantitative estimate of drug-likeness (QED) is 0.445. The van der Waals surface area contributed by atoms with Crippen molar-refractivity contribution in [2.45, 2.75) is 20.0 Å². The Morgan fingerprint density at radius 3 is 2.19 bits per heavy atom. The summed E-state index contributed by atoms with van der Waals surface area (Å²) in [6.45, 7) is 3.48.